The van der Waals surface area contributed by atoms with Crippen LogP contribution in [0.3, 0.4) is 0 Å². The zero-order valence-corrected chi connectivity index (χ0v) is 32.2. The van der Waals surface area contributed by atoms with Crippen LogP contribution in [0.1, 0.15) is 147 Å². The van der Waals surface area contributed by atoms with Gasteiger partial charge in [-0.2, -0.15) is 0 Å². The van der Waals surface area contributed by atoms with E-state index in [2.05, 4.69) is 0 Å². The number of hydrogen-bond donors (Lipinski definition) is 1. The van der Waals surface area contributed by atoms with Crippen molar-refractivity contribution in [3.05, 3.63) is 0 Å². The number of rotatable bonds is 8. The number of fused-ring (bicyclic) bond motifs is 1. The van der Waals surface area contributed by atoms with Gasteiger partial charge in [-0.15, -0.1) is 0 Å². The zero-order valence-electron chi connectivity index (χ0n) is 32.2. The van der Waals surface area contributed by atoms with Gasteiger partial charge in [0.1, 0.15) is 17.3 Å². The monoisotopic (exact) mass is 692 g/mol. The molecule has 3 heterocycles. The molecule has 0 spiro atoms. The van der Waals surface area contributed by atoms with Gasteiger partial charge in [-0.25, -0.2) is 0 Å². The topological polar surface area (TPSA) is 135 Å². The second kappa shape index (κ2) is 13.7. The predicted octanol–water partition coefficient (Wildman–Crippen LogP) is 6.86. The second-order valence-corrected chi connectivity index (χ2v) is 18.7. The van der Waals surface area contributed by atoms with E-state index in [1.807, 2.05) is 83.1 Å². The van der Waals surface area contributed by atoms with Gasteiger partial charge < -0.3 is 28.8 Å². The molecule has 7 fully saturated rings. The first-order valence-corrected chi connectivity index (χ1v) is 18.6. The van der Waals surface area contributed by atoms with E-state index in [0.29, 0.717) is 31.1 Å². The molecule has 0 aromatic heterocycles. The van der Waals surface area contributed by atoms with Crippen LogP contribution in [0.4, 0.5) is 0 Å². The Bertz CT molecular complexity index is 1240. The van der Waals surface area contributed by atoms with Crippen molar-refractivity contribution in [2.24, 2.45) is 34.0 Å². The molecule has 7 rings (SSSR count). The normalized spacial score (nSPS) is 35.4. The molecule has 3 aliphatic heterocycles. The number of esters is 4. The van der Waals surface area contributed by atoms with Gasteiger partial charge in [0, 0.05) is 6.42 Å². The van der Waals surface area contributed by atoms with Gasteiger partial charge in [-0.05, 0) is 132 Å². The van der Waals surface area contributed by atoms with Gasteiger partial charge in [0.2, 0.25) is 0 Å². The van der Waals surface area contributed by atoms with Crippen LogP contribution in [-0.4, -0.2) is 70.2 Å². The van der Waals surface area contributed by atoms with E-state index < -0.39 is 28.6 Å². The van der Waals surface area contributed by atoms with E-state index in [1.165, 1.54) is 6.42 Å². The first-order chi connectivity index (χ1) is 22.4. The van der Waals surface area contributed by atoms with Gasteiger partial charge >= 0.3 is 23.9 Å². The van der Waals surface area contributed by atoms with Crippen LogP contribution in [-0.2, 0) is 42.9 Å². The summed E-state index contributed by atoms with van der Waals surface area (Å²) >= 11 is 0. The van der Waals surface area contributed by atoms with Gasteiger partial charge in [-0.1, -0.05) is 20.8 Å². The molecule has 0 radical (unpaired) electrons. The maximum atomic E-state index is 12.4. The lowest BCUT2D eigenvalue weighted by molar-refractivity contribution is -0.225. The largest absolute Gasteiger partial charge is 0.460 e. The Morgan fingerprint density at radius 3 is 1.76 bits per heavy atom. The number of hydrogen-bond acceptors (Lipinski definition) is 10. The summed E-state index contributed by atoms with van der Waals surface area (Å²) in [5.41, 5.74) is -2.56. The molecule has 4 aliphatic carbocycles. The van der Waals surface area contributed by atoms with Crippen LogP contribution in [0.5, 0.6) is 0 Å². The van der Waals surface area contributed by atoms with Gasteiger partial charge in [0.25, 0.3) is 0 Å². The maximum absolute atomic E-state index is 12.4. The molecule has 1 N–H and O–H groups in total. The van der Waals surface area contributed by atoms with Crippen LogP contribution in [0.15, 0.2) is 0 Å². The quantitative estimate of drug-likeness (QED) is 0.212. The summed E-state index contributed by atoms with van der Waals surface area (Å²) in [5.74, 6) is 0.325. The SMILES string of the molecule is CCC(C)(C)C(=O)OC(C)(C)C.CCC(C)(C)C(=O)OC12CC3CC(CC(O)(C3)C1)C2.CCC(C)(C)C(=O)OC1C2CC3C(=O)OC1C3O2. The van der Waals surface area contributed by atoms with Crippen molar-refractivity contribution in [1.29, 1.82) is 0 Å². The fraction of sp³-hybridized carbons (Fsp3) is 0.897. The number of aliphatic hydroxyl groups is 1. The van der Waals surface area contributed by atoms with E-state index >= 15 is 0 Å². The van der Waals surface area contributed by atoms with E-state index in [0.717, 1.165) is 38.5 Å². The van der Waals surface area contributed by atoms with E-state index in [1.54, 1.807) is 0 Å². The van der Waals surface area contributed by atoms with Crippen molar-refractivity contribution in [3.8, 4) is 0 Å². The van der Waals surface area contributed by atoms with Crippen LogP contribution in [0, 0.1) is 34.0 Å². The van der Waals surface area contributed by atoms with E-state index in [9.17, 15) is 24.3 Å². The summed E-state index contributed by atoms with van der Waals surface area (Å²) in [6.45, 7) is 23.0. The standard InChI is InChI=1S/C16H26O3.C13H18O5.C10H20O2/c1-4-14(2,3)13(17)19-16-8-11-5-12(9-16)7-15(18,6-11)10-16;1-4-13(2,3)12(15)18-9-7-5-6-8(16-7)10(9)17-11(6)14;1-7-10(5,6)8(11)12-9(2,3)4/h11-12,18H,4-10H2,1-3H3;6-10H,4-5H2,1-3H3;7H2,1-6H3. The van der Waals surface area contributed by atoms with Crippen molar-refractivity contribution in [2.75, 3.05) is 0 Å². The van der Waals surface area contributed by atoms with Crippen LogP contribution < -0.4 is 0 Å². The highest BCUT2D eigenvalue weighted by molar-refractivity contribution is 5.79. The summed E-state index contributed by atoms with van der Waals surface area (Å²) in [6, 6.07) is 0. The first-order valence-electron chi connectivity index (χ1n) is 18.6. The third kappa shape index (κ3) is 8.65. The molecule has 0 aromatic rings. The minimum absolute atomic E-state index is 0.0828. The van der Waals surface area contributed by atoms with Gasteiger partial charge in [0.15, 0.2) is 12.2 Å². The number of carbonyl (C=O) groups excluding carboxylic acids is 4. The Balaban J connectivity index is 0.000000171. The molecule has 6 bridgehead atoms. The molecule has 10 heteroatoms. The highest BCUT2D eigenvalue weighted by atomic mass is 16.7. The molecule has 4 saturated carbocycles. The maximum Gasteiger partial charge on any atom is 0.312 e. The molecule has 7 unspecified atom stereocenters. The molecular weight excluding hydrogens is 628 g/mol. The fourth-order valence-corrected chi connectivity index (χ4v) is 8.10. The second-order valence-electron chi connectivity index (χ2n) is 18.7. The Morgan fingerprint density at radius 1 is 0.755 bits per heavy atom. The van der Waals surface area contributed by atoms with Crippen molar-refractivity contribution >= 4 is 23.9 Å². The van der Waals surface area contributed by atoms with Gasteiger partial charge in [-0.3, -0.25) is 19.2 Å². The zero-order chi connectivity index (χ0) is 37.0. The lowest BCUT2D eigenvalue weighted by Gasteiger charge is -2.59. The van der Waals surface area contributed by atoms with Crippen molar-refractivity contribution < 1.29 is 48.0 Å². The molecular formula is C39H64O10. The van der Waals surface area contributed by atoms with Crippen LogP contribution in [0.25, 0.3) is 0 Å². The summed E-state index contributed by atoms with van der Waals surface area (Å²) in [7, 11) is 0. The Labute approximate surface area is 294 Å². The van der Waals surface area contributed by atoms with Crippen molar-refractivity contribution in [2.45, 2.75) is 189 Å². The molecule has 280 valence electrons. The minimum Gasteiger partial charge on any atom is -0.460 e. The third-order valence-electron chi connectivity index (χ3n) is 12.0. The highest BCUT2D eigenvalue weighted by Crippen LogP contribution is 2.59. The summed E-state index contributed by atoms with van der Waals surface area (Å²) in [6.07, 6.45) is 7.39. The lowest BCUT2D eigenvalue weighted by Crippen LogP contribution is -2.61. The fourth-order valence-electron chi connectivity index (χ4n) is 8.10. The average Bonchev–Trinajstić information content (AvgIpc) is 3.61. The Kier molecular flexibility index (Phi) is 11.1. The molecule has 10 nitrogen and oxygen atoms in total. The number of carbonyl (C=O) groups is 4. The molecule has 3 saturated heterocycles. The van der Waals surface area contributed by atoms with Crippen LogP contribution in [0.2, 0.25) is 0 Å². The third-order valence-corrected chi connectivity index (χ3v) is 12.0. The van der Waals surface area contributed by atoms with Crippen molar-refractivity contribution in [3.63, 3.8) is 0 Å². The summed E-state index contributed by atoms with van der Waals surface area (Å²) < 4.78 is 27.7. The minimum atomic E-state index is -0.555. The Morgan fingerprint density at radius 2 is 1.27 bits per heavy atom. The highest BCUT2D eigenvalue weighted by Gasteiger charge is 2.65. The molecule has 7 atom stereocenters. The number of ether oxygens (including phenoxy) is 5. The molecule has 0 amide bonds. The first kappa shape index (κ1) is 39.6. The van der Waals surface area contributed by atoms with Crippen molar-refractivity contribution in [1.82, 2.24) is 0 Å². The van der Waals surface area contributed by atoms with Gasteiger partial charge in [0.05, 0.1) is 33.9 Å². The lowest BCUT2D eigenvalue weighted by atomic mass is 9.52. The Hall–Kier alpha value is -2.20. The molecule has 7 aliphatic rings. The van der Waals surface area contributed by atoms with E-state index in [4.69, 9.17) is 23.7 Å². The van der Waals surface area contributed by atoms with E-state index in [-0.39, 0.29) is 58.6 Å². The average molecular weight is 693 g/mol. The predicted molar refractivity (Wildman–Crippen MR) is 183 cm³/mol. The summed E-state index contributed by atoms with van der Waals surface area (Å²) in [4.78, 5) is 47.5. The summed E-state index contributed by atoms with van der Waals surface area (Å²) in [5, 5.41) is 10.6. The van der Waals surface area contributed by atoms with Crippen LogP contribution >= 0.6 is 0 Å². The molecule has 49 heavy (non-hydrogen) atoms. The smallest absolute Gasteiger partial charge is 0.312 e. The molecule has 0 aromatic carbocycles.